The molecule has 9 heteroatoms. The van der Waals surface area contributed by atoms with Crippen LogP contribution in [-0.4, -0.2) is 34.5 Å². The number of anilines is 2. The molecule has 0 spiro atoms. The molecule has 0 atom stereocenters. The van der Waals surface area contributed by atoms with Crippen molar-refractivity contribution in [3.8, 4) is 11.4 Å². The van der Waals surface area contributed by atoms with Crippen molar-refractivity contribution in [1.29, 1.82) is 0 Å². The molecule has 0 aliphatic heterocycles. The Morgan fingerprint density at radius 3 is 2.47 bits per heavy atom. The van der Waals surface area contributed by atoms with Gasteiger partial charge in [0, 0.05) is 6.20 Å². The molecule has 2 amide bonds. The number of aryl methyl sites for hydroxylation is 1. The van der Waals surface area contributed by atoms with Crippen molar-refractivity contribution in [2.45, 2.75) is 33.3 Å². The van der Waals surface area contributed by atoms with Crippen LogP contribution in [0.25, 0.3) is 5.69 Å². The van der Waals surface area contributed by atoms with Gasteiger partial charge in [-0.3, -0.25) is 10.1 Å². The van der Waals surface area contributed by atoms with E-state index in [9.17, 15) is 14.0 Å². The van der Waals surface area contributed by atoms with Gasteiger partial charge >= 0.3 is 6.09 Å². The second-order valence-electron chi connectivity index (χ2n) is 8.09. The van der Waals surface area contributed by atoms with Gasteiger partial charge in [0.05, 0.1) is 18.5 Å². The third-order valence-corrected chi connectivity index (χ3v) is 4.27. The van der Waals surface area contributed by atoms with Gasteiger partial charge in [0.2, 0.25) is 0 Å². The molecule has 2 aromatic carbocycles. The van der Waals surface area contributed by atoms with Gasteiger partial charge in [-0.05, 0) is 69.7 Å². The predicted molar refractivity (Wildman–Crippen MR) is 119 cm³/mol. The predicted octanol–water partition coefficient (Wildman–Crippen LogP) is 4.93. The molecule has 0 aliphatic carbocycles. The van der Waals surface area contributed by atoms with Crippen molar-refractivity contribution in [3.05, 3.63) is 65.7 Å². The van der Waals surface area contributed by atoms with Crippen LogP contribution in [0.5, 0.6) is 5.75 Å². The van der Waals surface area contributed by atoms with Crippen LogP contribution in [0.2, 0.25) is 0 Å². The quantitative estimate of drug-likeness (QED) is 0.587. The molecule has 1 heterocycles. The maximum atomic E-state index is 13.8. The van der Waals surface area contributed by atoms with E-state index in [1.165, 1.54) is 22.9 Å². The van der Waals surface area contributed by atoms with E-state index < -0.39 is 23.4 Å². The number of carbonyl (C=O) groups is 2. The van der Waals surface area contributed by atoms with Gasteiger partial charge in [-0.15, -0.1) is 0 Å². The van der Waals surface area contributed by atoms with Crippen LogP contribution in [0.15, 0.2) is 48.7 Å². The summed E-state index contributed by atoms with van der Waals surface area (Å²) in [5, 5.41) is 9.41. The molecule has 1 aromatic heterocycles. The lowest BCUT2D eigenvalue weighted by Crippen LogP contribution is -2.27. The average Bonchev–Trinajstić information content (AvgIpc) is 3.19. The summed E-state index contributed by atoms with van der Waals surface area (Å²) in [5.41, 5.74) is 1.32. The molecule has 0 aliphatic rings. The minimum atomic E-state index is -0.726. The fraction of sp³-hybridized carbons (Fsp3) is 0.261. The number of benzene rings is 2. The van der Waals surface area contributed by atoms with Gasteiger partial charge in [0.25, 0.3) is 5.91 Å². The zero-order chi connectivity index (χ0) is 23.5. The Hall–Kier alpha value is -3.88. The van der Waals surface area contributed by atoms with E-state index in [1.807, 2.05) is 25.1 Å². The minimum Gasteiger partial charge on any atom is -0.494 e. The summed E-state index contributed by atoms with van der Waals surface area (Å²) in [4.78, 5) is 24.9. The maximum Gasteiger partial charge on any atom is 0.412 e. The van der Waals surface area contributed by atoms with E-state index in [0.717, 1.165) is 11.6 Å². The number of ether oxygens (including phenoxy) is 2. The number of hydrogen-bond donors (Lipinski definition) is 2. The van der Waals surface area contributed by atoms with Gasteiger partial charge in [-0.1, -0.05) is 6.07 Å². The first-order valence-corrected chi connectivity index (χ1v) is 9.87. The molecule has 3 rings (SSSR count). The van der Waals surface area contributed by atoms with E-state index in [1.54, 1.807) is 34.1 Å². The SMILES string of the molecule is COc1ccc(C)cc1-n1ccc(C(=O)Nc2cc(F)ccc2NC(=O)OC(C)(C)C)n1. The van der Waals surface area contributed by atoms with Crippen molar-refractivity contribution in [3.63, 3.8) is 0 Å². The average molecular weight is 440 g/mol. The number of rotatable bonds is 5. The van der Waals surface area contributed by atoms with E-state index in [-0.39, 0.29) is 17.1 Å². The normalized spacial score (nSPS) is 11.1. The fourth-order valence-corrected chi connectivity index (χ4v) is 2.89. The summed E-state index contributed by atoms with van der Waals surface area (Å²) in [6, 6.07) is 10.7. The van der Waals surface area contributed by atoms with E-state index >= 15 is 0 Å². The molecule has 32 heavy (non-hydrogen) atoms. The summed E-state index contributed by atoms with van der Waals surface area (Å²) in [7, 11) is 1.55. The summed E-state index contributed by atoms with van der Waals surface area (Å²) >= 11 is 0. The number of nitrogens with zero attached hydrogens (tertiary/aromatic N) is 2. The Bertz CT molecular complexity index is 1150. The first-order chi connectivity index (χ1) is 15.1. The molecule has 0 saturated carbocycles. The van der Waals surface area contributed by atoms with Crippen LogP contribution in [-0.2, 0) is 4.74 Å². The summed E-state index contributed by atoms with van der Waals surface area (Å²) in [6.07, 6.45) is 0.896. The standard InChI is InChI=1S/C23H25FN4O4/c1-14-6-9-20(31-5)19(12-14)28-11-10-17(27-28)21(29)25-18-13-15(24)7-8-16(18)26-22(30)32-23(2,3)4/h6-13H,1-5H3,(H,25,29)(H,26,30). The number of hydrogen-bond acceptors (Lipinski definition) is 5. The second-order valence-corrected chi connectivity index (χ2v) is 8.09. The highest BCUT2D eigenvalue weighted by atomic mass is 19.1. The van der Waals surface area contributed by atoms with Crippen LogP contribution in [0.4, 0.5) is 20.6 Å². The Labute approximate surface area is 185 Å². The zero-order valence-corrected chi connectivity index (χ0v) is 18.5. The van der Waals surface area contributed by atoms with Crippen LogP contribution >= 0.6 is 0 Å². The second kappa shape index (κ2) is 9.09. The molecule has 0 unspecified atom stereocenters. The molecule has 0 radical (unpaired) electrons. The van der Waals surface area contributed by atoms with Gasteiger partial charge in [0.1, 0.15) is 22.9 Å². The highest BCUT2D eigenvalue weighted by molar-refractivity contribution is 6.05. The van der Waals surface area contributed by atoms with Crippen molar-refractivity contribution in [2.75, 3.05) is 17.7 Å². The van der Waals surface area contributed by atoms with E-state index in [4.69, 9.17) is 9.47 Å². The van der Waals surface area contributed by atoms with Crippen LogP contribution < -0.4 is 15.4 Å². The Morgan fingerprint density at radius 2 is 1.78 bits per heavy atom. The zero-order valence-electron chi connectivity index (χ0n) is 18.5. The lowest BCUT2D eigenvalue weighted by molar-refractivity contribution is 0.0635. The smallest absolute Gasteiger partial charge is 0.412 e. The molecule has 168 valence electrons. The Kier molecular flexibility index (Phi) is 6.47. The fourth-order valence-electron chi connectivity index (χ4n) is 2.89. The number of methoxy groups -OCH3 is 1. The number of halogens is 1. The molecule has 0 bridgehead atoms. The number of nitrogens with one attached hydrogen (secondary N) is 2. The largest absolute Gasteiger partial charge is 0.494 e. The van der Waals surface area contributed by atoms with Crippen molar-refractivity contribution >= 4 is 23.4 Å². The molecule has 2 N–H and O–H groups in total. The summed E-state index contributed by atoms with van der Waals surface area (Å²) in [6.45, 7) is 7.10. The number of carbonyl (C=O) groups excluding carboxylic acids is 2. The number of aromatic nitrogens is 2. The van der Waals surface area contributed by atoms with Crippen LogP contribution in [0.3, 0.4) is 0 Å². The molecular formula is C23H25FN4O4. The first kappa shape index (κ1) is 22.8. The first-order valence-electron chi connectivity index (χ1n) is 9.87. The topological polar surface area (TPSA) is 94.5 Å². The highest BCUT2D eigenvalue weighted by Crippen LogP contribution is 2.26. The third-order valence-electron chi connectivity index (χ3n) is 4.27. The number of amides is 2. The molecule has 8 nitrogen and oxygen atoms in total. The van der Waals surface area contributed by atoms with E-state index in [0.29, 0.717) is 11.4 Å². The summed E-state index contributed by atoms with van der Waals surface area (Å²) in [5.74, 6) is -0.557. The highest BCUT2D eigenvalue weighted by Gasteiger charge is 2.19. The molecule has 3 aromatic rings. The van der Waals surface area contributed by atoms with Crippen molar-refractivity contribution < 1.29 is 23.5 Å². The lowest BCUT2D eigenvalue weighted by Gasteiger charge is -2.20. The van der Waals surface area contributed by atoms with E-state index in [2.05, 4.69) is 15.7 Å². The summed E-state index contributed by atoms with van der Waals surface area (Å²) < 4.78 is 25.9. The maximum absolute atomic E-state index is 13.8. The Morgan fingerprint density at radius 1 is 1.03 bits per heavy atom. The van der Waals surface area contributed by atoms with Crippen molar-refractivity contribution in [2.24, 2.45) is 0 Å². The van der Waals surface area contributed by atoms with Gasteiger partial charge in [-0.2, -0.15) is 5.10 Å². The lowest BCUT2D eigenvalue weighted by atomic mass is 10.2. The van der Waals surface area contributed by atoms with Crippen LogP contribution in [0.1, 0.15) is 36.8 Å². The van der Waals surface area contributed by atoms with Crippen LogP contribution in [0, 0.1) is 12.7 Å². The molecule has 0 fully saturated rings. The monoisotopic (exact) mass is 440 g/mol. The Balaban J connectivity index is 1.82. The van der Waals surface area contributed by atoms with Gasteiger partial charge in [0.15, 0.2) is 5.69 Å². The molecular weight excluding hydrogens is 415 g/mol. The van der Waals surface area contributed by atoms with Crippen molar-refractivity contribution in [1.82, 2.24) is 9.78 Å². The molecule has 0 saturated heterocycles. The van der Waals surface area contributed by atoms with Gasteiger partial charge in [-0.25, -0.2) is 13.9 Å². The van der Waals surface area contributed by atoms with Gasteiger partial charge < -0.3 is 14.8 Å². The minimum absolute atomic E-state index is 0.0727. The third kappa shape index (κ3) is 5.63.